The van der Waals surface area contributed by atoms with E-state index in [1.807, 2.05) is 25.1 Å². The normalized spacial score (nSPS) is 24.4. The molecule has 2 heterocycles. The fourth-order valence-electron chi connectivity index (χ4n) is 4.20. The fraction of sp³-hybridized carbons (Fsp3) is 0.682. The molecule has 3 rings (SSSR count). The van der Waals surface area contributed by atoms with Gasteiger partial charge in [-0.15, -0.1) is 24.0 Å². The van der Waals surface area contributed by atoms with Gasteiger partial charge >= 0.3 is 6.18 Å². The number of guanidine groups is 1. The van der Waals surface area contributed by atoms with Crippen LogP contribution in [0.3, 0.4) is 0 Å². The third-order valence-corrected chi connectivity index (χ3v) is 6.02. The molecule has 0 amide bonds. The first-order chi connectivity index (χ1) is 14.4. The quantitative estimate of drug-likeness (QED) is 0.335. The molecule has 176 valence electrons. The van der Waals surface area contributed by atoms with Crippen molar-refractivity contribution in [1.29, 1.82) is 0 Å². The summed E-state index contributed by atoms with van der Waals surface area (Å²) in [4.78, 5) is 8.44. The zero-order chi connectivity index (χ0) is 21.6. The summed E-state index contributed by atoms with van der Waals surface area (Å²) in [5.41, 5.74) is 1.18. The molecule has 3 unspecified atom stereocenters. The van der Waals surface area contributed by atoms with Gasteiger partial charge in [0.25, 0.3) is 0 Å². The monoisotopic (exact) mass is 554 g/mol. The largest absolute Gasteiger partial charge is 0.403 e. The van der Waals surface area contributed by atoms with Gasteiger partial charge in [-0.2, -0.15) is 13.2 Å². The SMILES string of the molecule is CCNC(=NCC1CCCOC1c1ccccc1)N1CCN(C(C)C(F)(F)F)CC1.I. The maximum atomic E-state index is 13.0. The number of aliphatic imine (C=N–C) groups is 1. The number of hydrogen-bond acceptors (Lipinski definition) is 3. The van der Waals surface area contributed by atoms with Crippen LogP contribution in [0.4, 0.5) is 13.2 Å². The van der Waals surface area contributed by atoms with Crippen LogP contribution in [0.1, 0.15) is 38.4 Å². The van der Waals surface area contributed by atoms with E-state index < -0.39 is 12.2 Å². The summed E-state index contributed by atoms with van der Waals surface area (Å²) >= 11 is 0. The Kier molecular flexibility index (Phi) is 10.3. The highest BCUT2D eigenvalue weighted by Gasteiger charge is 2.41. The molecule has 1 aromatic carbocycles. The van der Waals surface area contributed by atoms with Crippen molar-refractivity contribution in [2.75, 3.05) is 45.9 Å². The van der Waals surface area contributed by atoms with Gasteiger partial charge in [0.1, 0.15) is 6.04 Å². The Morgan fingerprint density at radius 3 is 2.48 bits per heavy atom. The van der Waals surface area contributed by atoms with Crippen LogP contribution < -0.4 is 5.32 Å². The van der Waals surface area contributed by atoms with Gasteiger partial charge in [0.2, 0.25) is 0 Å². The van der Waals surface area contributed by atoms with E-state index in [1.165, 1.54) is 17.4 Å². The molecule has 0 bridgehead atoms. The minimum absolute atomic E-state index is 0. The van der Waals surface area contributed by atoms with Crippen molar-refractivity contribution in [3.05, 3.63) is 35.9 Å². The minimum Gasteiger partial charge on any atom is -0.373 e. The Labute approximate surface area is 200 Å². The Bertz CT molecular complexity index is 681. The Morgan fingerprint density at radius 1 is 1.19 bits per heavy atom. The predicted molar refractivity (Wildman–Crippen MR) is 128 cm³/mol. The van der Waals surface area contributed by atoms with Crippen LogP contribution in [0.2, 0.25) is 0 Å². The number of halogens is 4. The lowest BCUT2D eigenvalue weighted by Gasteiger charge is -2.40. The number of hydrogen-bond donors (Lipinski definition) is 1. The highest BCUT2D eigenvalue weighted by molar-refractivity contribution is 14.0. The number of benzene rings is 1. The summed E-state index contributed by atoms with van der Waals surface area (Å²) in [7, 11) is 0. The van der Waals surface area contributed by atoms with Gasteiger partial charge in [-0.1, -0.05) is 30.3 Å². The molecule has 9 heteroatoms. The van der Waals surface area contributed by atoms with Crippen LogP contribution in [0.15, 0.2) is 35.3 Å². The van der Waals surface area contributed by atoms with Crippen LogP contribution in [-0.4, -0.2) is 73.9 Å². The lowest BCUT2D eigenvalue weighted by Crippen LogP contribution is -2.56. The lowest BCUT2D eigenvalue weighted by molar-refractivity contribution is -0.181. The van der Waals surface area contributed by atoms with Crippen molar-refractivity contribution in [1.82, 2.24) is 15.1 Å². The predicted octanol–water partition coefficient (Wildman–Crippen LogP) is 4.31. The van der Waals surface area contributed by atoms with Gasteiger partial charge in [-0.25, -0.2) is 0 Å². The minimum atomic E-state index is -4.19. The van der Waals surface area contributed by atoms with Gasteiger partial charge < -0.3 is 15.0 Å². The molecule has 1 N–H and O–H groups in total. The van der Waals surface area contributed by atoms with Gasteiger partial charge in [-0.3, -0.25) is 9.89 Å². The summed E-state index contributed by atoms with van der Waals surface area (Å²) in [6.07, 6.45) is -2.07. The van der Waals surface area contributed by atoms with E-state index in [-0.39, 0.29) is 30.1 Å². The van der Waals surface area contributed by atoms with Crippen molar-refractivity contribution < 1.29 is 17.9 Å². The van der Waals surface area contributed by atoms with Crippen molar-refractivity contribution >= 4 is 29.9 Å². The second-order valence-corrected chi connectivity index (χ2v) is 8.04. The number of piperazine rings is 1. The van der Waals surface area contributed by atoms with E-state index in [0.29, 0.717) is 38.6 Å². The average molecular weight is 554 g/mol. The zero-order valence-corrected chi connectivity index (χ0v) is 20.6. The number of ether oxygens (including phenoxy) is 1. The molecule has 0 radical (unpaired) electrons. The fourth-order valence-corrected chi connectivity index (χ4v) is 4.20. The number of nitrogens with zero attached hydrogens (tertiary/aromatic N) is 3. The van der Waals surface area contributed by atoms with E-state index >= 15 is 0 Å². The van der Waals surface area contributed by atoms with E-state index in [0.717, 1.165) is 32.0 Å². The summed E-state index contributed by atoms with van der Waals surface area (Å²) in [6, 6.07) is 8.84. The van der Waals surface area contributed by atoms with Crippen molar-refractivity contribution in [3.8, 4) is 0 Å². The molecule has 2 saturated heterocycles. The second kappa shape index (κ2) is 12.2. The van der Waals surface area contributed by atoms with Crippen LogP contribution >= 0.6 is 24.0 Å². The van der Waals surface area contributed by atoms with Gasteiger partial charge in [0.15, 0.2) is 5.96 Å². The van der Waals surface area contributed by atoms with Crippen LogP contribution in [0, 0.1) is 5.92 Å². The summed E-state index contributed by atoms with van der Waals surface area (Å²) in [6.45, 7) is 7.21. The smallest absolute Gasteiger partial charge is 0.373 e. The van der Waals surface area contributed by atoms with Crippen LogP contribution in [-0.2, 0) is 4.74 Å². The van der Waals surface area contributed by atoms with Gasteiger partial charge in [0.05, 0.1) is 6.10 Å². The lowest BCUT2D eigenvalue weighted by atomic mass is 9.89. The first-order valence-corrected chi connectivity index (χ1v) is 10.9. The average Bonchev–Trinajstić information content (AvgIpc) is 2.76. The summed E-state index contributed by atoms with van der Waals surface area (Å²) in [5.74, 6) is 1.08. The zero-order valence-electron chi connectivity index (χ0n) is 18.3. The van der Waals surface area contributed by atoms with Crippen LogP contribution in [0.5, 0.6) is 0 Å². The van der Waals surface area contributed by atoms with Gasteiger partial charge in [0, 0.05) is 51.8 Å². The Hall–Kier alpha value is -1.07. The molecule has 2 aliphatic heterocycles. The molecule has 0 aromatic heterocycles. The van der Waals surface area contributed by atoms with Crippen molar-refractivity contribution in [2.24, 2.45) is 10.9 Å². The highest BCUT2D eigenvalue weighted by Crippen LogP contribution is 2.33. The molecule has 31 heavy (non-hydrogen) atoms. The molecule has 0 saturated carbocycles. The molecule has 5 nitrogen and oxygen atoms in total. The van der Waals surface area contributed by atoms with E-state index in [1.54, 1.807) is 0 Å². The third-order valence-electron chi connectivity index (χ3n) is 6.02. The molecule has 2 aliphatic rings. The number of rotatable bonds is 5. The first-order valence-electron chi connectivity index (χ1n) is 10.9. The second-order valence-electron chi connectivity index (χ2n) is 8.04. The van der Waals surface area contributed by atoms with Crippen molar-refractivity contribution in [3.63, 3.8) is 0 Å². The molecule has 0 aliphatic carbocycles. The van der Waals surface area contributed by atoms with E-state index in [2.05, 4.69) is 22.3 Å². The number of alkyl halides is 3. The standard InChI is InChI=1S/C22H33F3N4O.HI/c1-3-26-21(29-13-11-28(12-14-29)17(2)22(23,24)25)27-16-19-10-7-15-30-20(19)18-8-5-4-6-9-18;/h4-6,8-9,17,19-20H,3,7,10-16H2,1-2H3,(H,26,27);1H. The maximum absolute atomic E-state index is 13.0. The van der Waals surface area contributed by atoms with Crippen molar-refractivity contribution in [2.45, 2.75) is 45.0 Å². The molecule has 3 atom stereocenters. The molecule has 2 fully saturated rings. The molecular weight excluding hydrogens is 520 g/mol. The number of nitrogens with one attached hydrogen (secondary N) is 1. The molecule has 1 aromatic rings. The van der Waals surface area contributed by atoms with Crippen LogP contribution in [0.25, 0.3) is 0 Å². The summed E-state index contributed by atoms with van der Waals surface area (Å²) < 4.78 is 45.1. The maximum Gasteiger partial charge on any atom is 0.403 e. The van der Waals surface area contributed by atoms with E-state index in [9.17, 15) is 13.2 Å². The van der Waals surface area contributed by atoms with Gasteiger partial charge in [-0.05, 0) is 32.3 Å². The Morgan fingerprint density at radius 2 is 1.87 bits per heavy atom. The summed E-state index contributed by atoms with van der Waals surface area (Å²) in [5, 5.41) is 3.32. The van der Waals surface area contributed by atoms with E-state index in [4.69, 9.17) is 9.73 Å². The topological polar surface area (TPSA) is 40.1 Å². The first kappa shape index (κ1) is 26.2. The Balaban J connectivity index is 0.00000341. The highest BCUT2D eigenvalue weighted by atomic mass is 127. The third kappa shape index (κ3) is 7.21. The molecular formula is C22H34F3IN4O. The molecule has 0 spiro atoms.